The van der Waals surface area contributed by atoms with Crippen molar-refractivity contribution in [2.45, 2.75) is 19.0 Å². The number of aromatic nitrogens is 2. The molecule has 0 unspecified atom stereocenters. The Morgan fingerprint density at radius 1 is 1.03 bits per heavy atom. The molecule has 1 fully saturated rings. The van der Waals surface area contributed by atoms with E-state index in [1.807, 2.05) is 17.5 Å². The van der Waals surface area contributed by atoms with Crippen molar-refractivity contribution >= 4 is 23.2 Å². The molecular weight excluding hydrogens is 445 g/mol. The molecule has 2 aromatic heterocycles. The Hall–Kier alpha value is -3.21. The van der Waals surface area contributed by atoms with Crippen LogP contribution in [0, 0.1) is 0 Å². The van der Waals surface area contributed by atoms with E-state index < -0.39 is 11.7 Å². The molecule has 3 heterocycles. The van der Waals surface area contributed by atoms with Gasteiger partial charge in [0.25, 0.3) is 5.91 Å². The van der Waals surface area contributed by atoms with Crippen LogP contribution >= 0.6 is 11.3 Å². The fourth-order valence-corrected chi connectivity index (χ4v) is 4.03. The number of halogens is 3. The first-order valence-corrected chi connectivity index (χ1v) is 10.8. The molecule has 0 radical (unpaired) electrons. The van der Waals surface area contributed by atoms with E-state index >= 15 is 0 Å². The molecule has 1 aliphatic heterocycles. The summed E-state index contributed by atoms with van der Waals surface area (Å²) in [5.41, 5.74) is -0.607. The van der Waals surface area contributed by atoms with E-state index in [9.17, 15) is 22.8 Å². The number of carbonyl (C=O) groups excluding carboxylic acids is 2. The lowest BCUT2D eigenvalue weighted by Crippen LogP contribution is -2.50. The Labute approximate surface area is 185 Å². The highest BCUT2D eigenvalue weighted by Crippen LogP contribution is 2.29. The van der Waals surface area contributed by atoms with Crippen LogP contribution in [-0.4, -0.2) is 57.9 Å². The highest BCUT2D eigenvalue weighted by molar-refractivity contribution is 7.13. The Morgan fingerprint density at radius 2 is 1.72 bits per heavy atom. The maximum Gasteiger partial charge on any atom is 0.416 e. The molecule has 0 atom stereocenters. The van der Waals surface area contributed by atoms with E-state index in [1.165, 1.54) is 28.4 Å². The minimum absolute atomic E-state index is 0.0810. The smallest absolute Gasteiger partial charge is 0.339 e. The molecule has 2 amide bonds. The molecule has 11 heteroatoms. The van der Waals surface area contributed by atoms with Gasteiger partial charge in [0, 0.05) is 44.6 Å². The fourth-order valence-electron chi connectivity index (χ4n) is 3.38. The minimum atomic E-state index is -4.44. The number of rotatable bonds is 5. The van der Waals surface area contributed by atoms with Crippen molar-refractivity contribution in [1.82, 2.24) is 19.9 Å². The zero-order valence-electron chi connectivity index (χ0n) is 16.8. The molecule has 1 saturated heterocycles. The van der Waals surface area contributed by atoms with Crippen LogP contribution in [0.3, 0.4) is 0 Å². The maximum atomic E-state index is 12.7. The Balaban J connectivity index is 1.26. The first-order chi connectivity index (χ1) is 15.3. The van der Waals surface area contributed by atoms with Gasteiger partial charge in [0.15, 0.2) is 0 Å². The maximum absolute atomic E-state index is 12.7. The molecule has 32 heavy (non-hydrogen) atoms. The first-order valence-electron chi connectivity index (χ1n) is 9.92. The summed E-state index contributed by atoms with van der Waals surface area (Å²) in [4.78, 5) is 33.5. The number of alkyl halides is 3. The van der Waals surface area contributed by atoms with Crippen molar-refractivity contribution < 1.29 is 27.3 Å². The van der Waals surface area contributed by atoms with E-state index in [4.69, 9.17) is 4.52 Å². The van der Waals surface area contributed by atoms with Gasteiger partial charge in [0.05, 0.1) is 10.4 Å². The molecule has 4 rings (SSSR count). The second kappa shape index (κ2) is 9.11. The minimum Gasteiger partial charge on any atom is -0.339 e. The predicted octanol–water partition coefficient (Wildman–Crippen LogP) is 3.73. The van der Waals surface area contributed by atoms with Crippen molar-refractivity contribution in [3.63, 3.8) is 0 Å². The summed E-state index contributed by atoms with van der Waals surface area (Å²) < 4.78 is 43.3. The number of amides is 2. The monoisotopic (exact) mass is 464 g/mol. The van der Waals surface area contributed by atoms with E-state index in [2.05, 4.69) is 10.1 Å². The van der Waals surface area contributed by atoms with Crippen molar-refractivity contribution in [2.75, 3.05) is 26.2 Å². The molecule has 1 aliphatic rings. The van der Waals surface area contributed by atoms with Crippen LogP contribution in [0.15, 0.2) is 46.3 Å². The third kappa shape index (κ3) is 4.98. The van der Waals surface area contributed by atoms with E-state index in [0.29, 0.717) is 44.3 Å². The molecule has 0 spiro atoms. The van der Waals surface area contributed by atoms with Gasteiger partial charge in [-0.25, -0.2) is 0 Å². The van der Waals surface area contributed by atoms with Gasteiger partial charge in [-0.3, -0.25) is 9.59 Å². The summed E-state index contributed by atoms with van der Waals surface area (Å²) >= 11 is 1.50. The van der Waals surface area contributed by atoms with Crippen molar-refractivity contribution in [2.24, 2.45) is 0 Å². The average molecular weight is 464 g/mol. The van der Waals surface area contributed by atoms with Gasteiger partial charge in [-0.15, -0.1) is 11.3 Å². The number of aryl methyl sites for hydroxylation is 1. The van der Waals surface area contributed by atoms with Crippen molar-refractivity contribution in [1.29, 1.82) is 0 Å². The summed E-state index contributed by atoms with van der Waals surface area (Å²) in [5.74, 6) is 0.455. The molecule has 0 bridgehead atoms. The lowest BCUT2D eigenvalue weighted by molar-refractivity contribution is -0.137. The summed E-state index contributed by atoms with van der Waals surface area (Å²) in [6.45, 7) is 1.34. The number of piperazine rings is 1. The zero-order valence-corrected chi connectivity index (χ0v) is 17.7. The summed E-state index contributed by atoms with van der Waals surface area (Å²) in [6.07, 6.45) is -3.92. The van der Waals surface area contributed by atoms with Crippen molar-refractivity contribution in [3.05, 3.63) is 58.8 Å². The standard InChI is InChI=1S/C21H19F3N4O3S/c22-21(23,24)15-5-3-14(4-6-15)20(30)28-11-9-27(10-12-28)18(29)8-7-17-25-19(26-31-17)16-2-1-13-32-16/h1-6,13H,7-12H2. The van der Waals surface area contributed by atoms with Crippen LogP contribution in [-0.2, 0) is 17.4 Å². The Kier molecular flexibility index (Phi) is 6.26. The van der Waals surface area contributed by atoms with Crippen LogP contribution in [0.25, 0.3) is 10.7 Å². The second-order valence-corrected chi connectivity index (χ2v) is 8.18. The third-order valence-corrected chi connectivity index (χ3v) is 6.01. The molecule has 168 valence electrons. The highest BCUT2D eigenvalue weighted by Gasteiger charge is 2.31. The van der Waals surface area contributed by atoms with Crippen LogP contribution in [0.5, 0.6) is 0 Å². The molecule has 0 aliphatic carbocycles. The SMILES string of the molecule is O=C(CCc1nc(-c2cccs2)no1)N1CCN(C(=O)c2ccc(C(F)(F)F)cc2)CC1. The quantitative estimate of drug-likeness (QED) is 0.575. The van der Waals surface area contributed by atoms with Gasteiger partial charge in [-0.2, -0.15) is 18.2 Å². The number of thiophene rings is 1. The van der Waals surface area contributed by atoms with E-state index in [0.717, 1.165) is 17.0 Å². The largest absolute Gasteiger partial charge is 0.416 e. The zero-order chi connectivity index (χ0) is 22.7. The van der Waals surface area contributed by atoms with Gasteiger partial charge in [0.2, 0.25) is 17.6 Å². The normalized spacial score (nSPS) is 14.6. The third-order valence-electron chi connectivity index (χ3n) is 5.14. The van der Waals surface area contributed by atoms with Gasteiger partial charge in [-0.05, 0) is 35.7 Å². The molecule has 0 saturated carbocycles. The molecule has 3 aromatic rings. The van der Waals surface area contributed by atoms with Crippen LogP contribution < -0.4 is 0 Å². The topological polar surface area (TPSA) is 79.5 Å². The number of carbonyl (C=O) groups is 2. The first kappa shape index (κ1) is 22.0. The summed E-state index contributed by atoms with van der Waals surface area (Å²) in [7, 11) is 0. The second-order valence-electron chi connectivity index (χ2n) is 7.24. The molecular formula is C21H19F3N4O3S. The van der Waals surface area contributed by atoms with Gasteiger partial charge in [0.1, 0.15) is 0 Å². The van der Waals surface area contributed by atoms with Gasteiger partial charge in [-0.1, -0.05) is 11.2 Å². The van der Waals surface area contributed by atoms with Gasteiger partial charge < -0.3 is 14.3 Å². The lowest BCUT2D eigenvalue weighted by atomic mass is 10.1. The molecule has 1 aromatic carbocycles. The van der Waals surface area contributed by atoms with Crippen LogP contribution in [0.2, 0.25) is 0 Å². The van der Waals surface area contributed by atoms with E-state index in [1.54, 1.807) is 4.90 Å². The van der Waals surface area contributed by atoms with E-state index in [-0.39, 0.29) is 23.8 Å². The van der Waals surface area contributed by atoms with Crippen LogP contribution in [0.4, 0.5) is 13.2 Å². The molecule has 0 N–H and O–H groups in total. The summed E-state index contributed by atoms with van der Waals surface area (Å²) in [6, 6.07) is 7.93. The highest BCUT2D eigenvalue weighted by atomic mass is 32.1. The number of benzene rings is 1. The fraction of sp³-hybridized carbons (Fsp3) is 0.333. The van der Waals surface area contributed by atoms with Gasteiger partial charge >= 0.3 is 6.18 Å². The average Bonchev–Trinajstić information content (AvgIpc) is 3.48. The number of nitrogens with zero attached hydrogens (tertiary/aromatic N) is 4. The number of hydrogen-bond acceptors (Lipinski definition) is 6. The Morgan fingerprint density at radius 3 is 2.34 bits per heavy atom. The Bertz CT molecular complexity index is 1070. The molecule has 7 nitrogen and oxygen atoms in total. The predicted molar refractivity (Wildman–Crippen MR) is 110 cm³/mol. The lowest BCUT2D eigenvalue weighted by Gasteiger charge is -2.34. The van der Waals surface area contributed by atoms with Crippen LogP contribution in [0.1, 0.15) is 28.2 Å². The number of hydrogen-bond donors (Lipinski definition) is 0. The summed E-state index contributed by atoms with van der Waals surface area (Å²) in [5, 5.41) is 5.83. The van der Waals surface area contributed by atoms with Crippen molar-refractivity contribution in [3.8, 4) is 10.7 Å².